The Balaban J connectivity index is 2.59. The van der Waals surface area contributed by atoms with E-state index >= 15 is 0 Å². The van der Waals surface area contributed by atoms with E-state index in [4.69, 9.17) is 19.9 Å². The maximum Gasteiger partial charge on any atom is 0.294 e. The van der Waals surface area contributed by atoms with E-state index in [9.17, 15) is 10.1 Å². The second-order valence-corrected chi connectivity index (χ2v) is 4.01. The monoisotopic (exact) mass is 286 g/mol. The average Bonchev–Trinajstić information content (AvgIpc) is 2.41. The van der Waals surface area contributed by atoms with Crippen molar-refractivity contribution in [3.05, 3.63) is 28.3 Å². The van der Waals surface area contributed by atoms with E-state index in [1.807, 2.05) is 6.92 Å². The SMILES string of the molecule is COc1ccc(OCCO[N+](=O)[O-])cc1OCC(C)N. The molecule has 1 aromatic rings. The molecule has 1 rings (SSSR count). The first kappa shape index (κ1) is 15.8. The van der Waals surface area contributed by atoms with Crippen LogP contribution in [0.1, 0.15) is 6.92 Å². The number of ether oxygens (including phenoxy) is 3. The molecule has 0 aliphatic heterocycles. The number of benzene rings is 1. The summed E-state index contributed by atoms with van der Waals surface area (Å²) in [5, 5.41) is 9.11. The molecule has 1 aromatic carbocycles. The van der Waals surface area contributed by atoms with Gasteiger partial charge in [-0.25, -0.2) is 0 Å². The summed E-state index contributed by atoms with van der Waals surface area (Å²) in [5.41, 5.74) is 5.62. The van der Waals surface area contributed by atoms with Crippen LogP contribution in [0.2, 0.25) is 0 Å². The van der Waals surface area contributed by atoms with Crippen molar-refractivity contribution in [2.45, 2.75) is 13.0 Å². The van der Waals surface area contributed by atoms with Crippen LogP contribution in [0, 0.1) is 10.1 Å². The van der Waals surface area contributed by atoms with Gasteiger partial charge in [0.05, 0.1) is 7.11 Å². The molecule has 0 saturated carbocycles. The largest absolute Gasteiger partial charge is 0.493 e. The highest BCUT2D eigenvalue weighted by Gasteiger charge is 2.08. The fraction of sp³-hybridized carbons (Fsp3) is 0.500. The lowest BCUT2D eigenvalue weighted by Crippen LogP contribution is -2.23. The zero-order chi connectivity index (χ0) is 15.0. The van der Waals surface area contributed by atoms with E-state index in [1.54, 1.807) is 18.2 Å². The molecule has 8 nitrogen and oxygen atoms in total. The highest BCUT2D eigenvalue weighted by Crippen LogP contribution is 2.31. The molecular formula is C12H18N2O6. The van der Waals surface area contributed by atoms with E-state index in [0.717, 1.165) is 0 Å². The zero-order valence-electron chi connectivity index (χ0n) is 11.4. The van der Waals surface area contributed by atoms with Gasteiger partial charge in [-0.2, -0.15) is 0 Å². The van der Waals surface area contributed by atoms with Crippen molar-refractivity contribution in [1.29, 1.82) is 0 Å². The van der Waals surface area contributed by atoms with Crippen molar-refractivity contribution >= 4 is 0 Å². The van der Waals surface area contributed by atoms with Gasteiger partial charge >= 0.3 is 0 Å². The second kappa shape index (κ2) is 8.05. The van der Waals surface area contributed by atoms with Gasteiger partial charge in [-0.15, -0.1) is 10.1 Å². The minimum atomic E-state index is -0.867. The maximum absolute atomic E-state index is 9.98. The standard InChI is InChI=1S/C12H18N2O6/c1-9(13)8-19-12-7-10(3-4-11(12)17-2)18-5-6-20-14(15)16/h3-4,7,9H,5-6,8,13H2,1-2H3. The van der Waals surface area contributed by atoms with Crippen LogP contribution in [0.15, 0.2) is 18.2 Å². The van der Waals surface area contributed by atoms with Crippen molar-refractivity contribution in [2.24, 2.45) is 5.73 Å². The molecule has 0 bridgehead atoms. The van der Waals surface area contributed by atoms with E-state index < -0.39 is 5.09 Å². The molecule has 0 aliphatic carbocycles. The first-order chi connectivity index (χ1) is 9.52. The van der Waals surface area contributed by atoms with Gasteiger partial charge in [-0.1, -0.05) is 0 Å². The topological polar surface area (TPSA) is 106 Å². The van der Waals surface area contributed by atoms with Crippen LogP contribution in [-0.2, 0) is 4.84 Å². The summed E-state index contributed by atoms with van der Waals surface area (Å²) in [6.45, 7) is 2.07. The zero-order valence-corrected chi connectivity index (χ0v) is 11.4. The number of hydrogen-bond donors (Lipinski definition) is 1. The lowest BCUT2D eigenvalue weighted by atomic mass is 10.3. The average molecular weight is 286 g/mol. The van der Waals surface area contributed by atoms with Crippen LogP contribution < -0.4 is 19.9 Å². The van der Waals surface area contributed by atoms with Gasteiger partial charge in [0, 0.05) is 12.1 Å². The third-order valence-electron chi connectivity index (χ3n) is 2.19. The van der Waals surface area contributed by atoms with E-state index in [1.165, 1.54) is 7.11 Å². The van der Waals surface area contributed by atoms with Gasteiger partial charge in [0.1, 0.15) is 25.6 Å². The summed E-state index contributed by atoms with van der Waals surface area (Å²) in [4.78, 5) is 14.1. The molecule has 1 unspecified atom stereocenters. The predicted octanol–water partition coefficient (Wildman–Crippen LogP) is 1.01. The molecule has 8 heteroatoms. The summed E-state index contributed by atoms with van der Waals surface area (Å²) in [6, 6.07) is 4.87. The van der Waals surface area contributed by atoms with Crippen LogP contribution in [0.3, 0.4) is 0 Å². The molecule has 0 aliphatic rings. The predicted molar refractivity (Wildman–Crippen MR) is 70.6 cm³/mol. The Hall–Kier alpha value is -2.22. The van der Waals surface area contributed by atoms with Crippen molar-refractivity contribution in [3.63, 3.8) is 0 Å². The van der Waals surface area contributed by atoms with Gasteiger partial charge in [0.2, 0.25) is 0 Å². The van der Waals surface area contributed by atoms with Gasteiger partial charge < -0.3 is 24.8 Å². The van der Waals surface area contributed by atoms with Crippen molar-refractivity contribution in [1.82, 2.24) is 0 Å². The number of rotatable bonds is 9. The minimum absolute atomic E-state index is 0.0556. The highest BCUT2D eigenvalue weighted by molar-refractivity contribution is 5.45. The molecule has 20 heavy (non-hydrogen) atoms. The minimum Gasteiger partial charge on any atom is -0.493 e. The normalized spacial score (nSPS) is 11.6. The van der Waals surface area contributed by atoms with E-state index in [-0.39, 0.29) is 19.3 Å². The number of methoxy groups -OCH3 is 1. The third-order valence-corrected chi connectivity index (χ3v) is 2.19. The van der Waals surface area contributed by atoms with Gasteiger partial charge in [-0.05, 0) is 19.1 Å². The summed E-state index contributed by atoms with van der Waals surface area (Å²) >= 11 is 0. The first-order valence-corrected chi connectivity index (χ1v) is 5.99. The Morgan fingerprint density at radius 1 is 1.30 bits per heavy atom. The summed E-state index contributed by atoms with van der Waals surface area (Å²) in [6.07, 6.45) is 0. The molecule has 112 valence electrons. The Morgan fingerprint density at radius 2 is 2.05 bits per heavy atom. The molecule has 0 spiro atoms. The molecule has 0 fully saturated rings. The Kier molecular flexibility index (Phi) is 6.38. The van der Waals surface area contributed by atoms with Crippen LogP contribution in [0.5, 0.6) is 17.2 Å². The molecule has 0 aromatic heterocycles. The fourth-order valence-corrected chi connectivity index (χ4v) is 1.35. The molecule has 0 amide bonds. The lowest BCUT2D eigenvalue weighted by Gasteiger charge is -2.14. The fourth-order valence-electron chi connectivity index (χ4n) is 1.35. The highest BCUT2D eigenvalue weighted by atomic mass is 17.0. The third kappa shape index (κ3) is 5.61. The van der Waals surface area contributed by atoms with Gasteiger partial charge in [-0.3, -0.25) is 0 Å². The number of nitrogens with two attached hydrogens (primary N) is 1. The van der Waals surface area contributed by atoms with Crippen molar-refractivity contribution in [2.75, 3.05) is 26.9 Å². The Bertz CT molecular complexity index is 438. The molecule has 2 N–H and O–H groups in total. The maximum atomic E-state index is 9.98. The van der Waals surface area contributed by atoms with Gasteiger partial charge in [0.15, 0.2) is 11.5 Å². The Morgan fingerprint density at radius 3 is 2.65 bits per heavy atom. The molecule has 0 saturated heterocycles. The Labute approximate surface area is 116 Å². The molecule has 0 radical (unpaired) electrons. The summed E-state index contributed by atoms with van der Waals surface area (Å²) < 4.78 is 16.0. The van der Waals surface area contributed by atoms with E-state index in [2.05, 4.69) is 4.84 Å². The molecular weight excluding hydrogens is 268 g/mol. The van der Waals surface area contributed by atoms with Crippen LogP contribution in [0.4, 0.5) is 0 Å². The van der Waals surface area contributed by atoms with Gasteiger partial charge in [0.25, 0.3) is 5.09 Å². The quantitative estimate of drug-likeness (QED) is 0.410. The summed E-state index contributed by atoms with van der Waals surface area (Å²) in [7, 11) is 1.53. The molecule has 0 heterocycles. The lowest BCUT2D eigenvalue weighted by molar-refractivity contribution is -0.757. The smallest absolute Gasteiger partial charge is 0.294 e. The first-order valence-electron chi connectivity index (χ1n) is 5.99. The number of nitrogens with zero attached hydrogens (tertiary/aromatic N) is 1. The van der Waals surface area contributed by atoms with Crippen molar-refractivity contribution < 1.29 is 24.1 Å². The van der Waals surface area contributed by atoms with Crippen LogP contribution >= 0.6 is 0 Å². The van der Waals surface area contributed by atoms with E-state index in [0.29, 0.717) is 23.9 Å². The number of hydrogen-bond acceptors (Lipinski definition) is 7. The van der Waals surface area contributed by atoms with Crippen molar-refractivity contribution in [3.8, 4) is 17.2 Å². The summed E-state index contributed by atoms with van der Waals surface area (Å²) in [5.74, 6) is 1.55. The second-order valence-electron chi connectivity index (χ2n) is 4.01. The van der Waals surface area contributed by atoms with Crippen LogP contribution in [0.25, 0.3) is 0 Å². The van der Waals surface area contributed by atoms with Crippen LogP contribution in [-0.4, -0.2) is 38.1 Å². The molecule has 1 atom stereocenters.